The summed E-state index contributed by atoms with van der Waals surface area (Å²) in [7, 11) is 0. The summed E-state index contributed by atoms with van der Waals surface area (Å²) in [6.07, 6.45) is 2.70. The number of nitrogens with two attached hydrogens (primary N) is 1. The summed E-state index contributed by atoms with van der Waals surface area (Å²) >= 11 is 6.09. The zero-order valence-corrected chi connectivity index (χ0v) is 10.5. The van der Waals surface area contributed by atoms with Crippen molar-refractivity contribution in [3.63, 3.8) is 0 Å². The van der Waals surface area contributed by atoms with Crippen LogP contribution in [0.1, 0.15) is 18.4 Å². The average Bonchev–Trinajstić information content (AvgIpc) is 2.35. The van der Waals surface area contributed by atoms with Crippen LogP contribution in [-0.2, 0) is 11.2 Å². The summed E-state index contributed by atoms with van der Waals surface area (Å²) in [5.41, 5.74) is 6.59. The van der Waals surface area contributed by atoms with Crippen LogP contribution in [0.4, 0.5) is 4.39 Å². The van der Waals surface area contributed by atoms with E-state index in [4.69, 9.17) is 22.1 Å². The van der Waals surface area contributed by atoms with Gasteiger partial charge in [0.05, 0.1) is 6.61 Å². The van der Waals surface area contributed by atoms with Gasteiger partial charge in [0, 0.05) is 23.6 Å². The SMILES string of the molecule is NCC1(Cc2cc(F)ccc2Cl)CCCOC1. The molecule has 0 aromatic heterocycles. The lowest BCUT2D eigenvalue weighted by Gasteiger charge is -2.36. The molecular formula is C13H17ClFNO. The quantitative estimate of drug-likeness (QED) is 0.904. The van der Waals surface area contributed by atoms with Crippen LogP contribution in [0.5, 0.6) is 0 Å². The van der Waals surface area contributed by atoms with E-state index in [1.54, 1.807) is 6.07 Å². The third-order valence-electron chi connectivity index (χ3n) is 3.41. The van der Waals surface area contributed by atoms with E-state index in [0.29, 0.717) is 24.6 Å². The molecule has 0 saturated carbocycles. The van der Waals surface area contributed by atoms with E-state index in [-0.39, 0.29) is 11.2 Å². The van der Waals surface area contributed by atoms with Gasteiger partial charge in [-0.25, -0.2) is 4.39 Å². The number of benzene rings is 1. The van der Waals surface area contributed by atoms with Gasteiger partial charge in [-0.2, -0.15) is 0 Å². The standard InChI is InChI=1S/C13H17ClFNO/c14-12-3-2-11(15)6-10(12)7-13(8-16)4-1-5-17-9-13/h2-3,6H,1,4-5,7-9,16H2. The lowest BCUT2D eigenvalue weighted by molar-refractivity contribution is -0.00265. The van der Waals surface area contributed by atoms with Crippen molar-refractivity contribution < 1.29 is 9.13 Å². The Bertz CT molecular complexity index is 391. The fourth-order valence-electron chi connectivity index (χ4n) is 2.37. The zero-order chi connectivity index (χ0) is 12.3. The van der Waals surface area contributed by atoms with Crippen LogP contribution < -0.4 is 5.73 Å². The number of rotatable bonds is 3. The molecule has 1 aromatic carbocycles. The second-order valence-corrected chi connectivity index (χ2v) is 5.18. The Kier molecular flexibility index (Phi) is 4.02. The van der Waals surface area contributed by atoms with E-state index >= 15 is 0 Å². The molecule has 0 bridgehead atoms. The van der Waals surface area contributed by atoms with Crippen molar-refractivity contribution in [2.24, 2.45) is 11.1 Å². The molecule has 0 aliphatic carbocycles. The second kappa shape index (κ2) is 5.34. The van der Waals surface area contributed by atoms with Gasteiger partial charge in [0.15, 0.2) is 0 Å². The minimum Gasteiger partial charge on any atom is -0.381 e. The van der Waals surface area contributed by atoms with Crippen LogP contribution in [0.25, 0.3) is 0 Å². The first-order chi connectivity index (χ1) is 8.15. The van der Waals surface area contributed by atoms with Gasteiger partial charge in [0.1, 0.15) is 5.82 Å². The fraction of sp³-hybridized carbons (Fsp3) is 0.538. The van der Waals surface area contributed by atoms with Gasteiger partial charge < -0.3 is 10.5 Å². The van der Waals surface area contributed by atoms with Gasteiger partial charge in [-0.1, -0.05) is 11.6 Å². The molecule has 1 aliphatic rings. The Balaban J connectivity index is 2.20. The minimum atomic E-state index is -0.256. The summed E-state index contributed by atoms with van der Waals surface area (Å²) in [6, 6.07) is 4.47. The van der Waals surface area contributed by atoms with Gasteiger partial charge in [-0.05, 0) is 43.0 Å². The van der Waals surface area contributed by atoms with Crippen LogP contribution >= 0.6 is 11.6 Å². The number of hydrogen-bond acceptors (Lipinski definition) is 2. The summed E-state index contributed by atoms with van der Waals surface area (Å²) in [5.74, 6) is -0.256. The van der Waals surface area contributed by atoms with Crippen molar-refractivity contribution in [2.75, 3.05) is 19.8 Å². The normalized spacial score (nSPS) is 24.9. The maximum Gasteiger partial charge on any atom is 0.123 e. The molecular weight excluding hydrogens is 241 g/mol. The molecule has 94 valence electrons. The molecule has 0 amide bonds. The highest BCUT2D eigenvalue weighted by atomic mass is 35.5. The highest BCUT2D eigenvalue weighted by Crippen LogP contribution is 2.33. The predicted octanol–water partition coefficient (Wildman–Crippen LogP) is 2.78. The number of hydrogen-bond donors (Lipinski definition) is 1. The molecule has 1 heterocycles. The average molecular weight is 258 g/mol. The van der Waals surface area contributed by atoms with Crippen LogP contribution in [0, 0.1) is 11.2 Å². The first-order valence-corrected chi connectivity index (χ1v) is 6.25. The molecule has 17 heavy (non-hydrogen) atoms. The second-order valence-electron chi connectivity index (χ2n) is 4.77. The Labute approximate surface area is 106 Å². The Morgan fingerprint density at radius 3 is 2.94 bits per heavy atom. The maximum atomic E-state index is 13.2. The summed E-state index contributed by atoms with van der Waals surface area (Å²) < 4.78 is 18.7. The number of halogens is 2. The molecule has 0 radical (unpaired) electrons. The predicted molar refractivity (Wildman–Crippen MR) is 66.7 cm³/mol. The highest BCUT2D eigenvalue weighted by molar-refractivity contribution is 6.31. The molecule has 4 heteroatoms. The zero-order valence-electron chi connectivity index (χ0n) is 9.72. The summed E-state index contributed by atoms with van der Waals surface area (Å²) in [6.45, 7) is 1.97. The first kappa shape index (κ1) is 12.8. The van der Waals surface area contributed by atoms with Crippen molar-refractivity contribution in [1.82, 2.24) is 0 Å². The van der Waals surface area contributed by atoms with E-state index in [9.17, 15) is 4.39 Å². The molecule has 1 unspecified atom stereocenters. The van der Waals surface area contributed by atoms with Crippen molar-refractivity contribution >= 4 is 11.6 Å². The molecule has 1 atom stereocenters. The van der Waals surface area contributed by atoms with Crippen LogP contribution in [0.3, 0.4) is 0 Å². The van der Waals surface area contributed by atoms with Crippen LogP contribution in [0.2, 0.25) is 5.02 Å². The van der Waals surface area contributed by atoms with Crippen molar-refractivity contribution in [3.8, 4) is 0 Å². The molecule has 0 spiro atoms. The van der Waals surface area contributed by atoms with Crippen LogP contribution in [0.15, 0.2) is 18.2 Å². The fourth-order valence-corrected chi connectivity index (χ4v) is 2.55. The highest BCUT2D eigenvalue weighted by Gasteiger charge is 2.32. The Morgan fingerprint density at radius 2 is 2.29 bits per heavy atom. The third-order valence-corrected chi connectivity index (χ3v) is 3.78. The van der Waals surface area contributed by atoms with Crippen molar-refractivity contribution in [2.45, 2.75) is 19.3 Å². The lowest BCUT2D eigenvalue weighted by atomic mass is 9.77. The summed E-state index contributed by atoms with van der Waals surface area (Å²) in [5, 5.41) is 0.602. The van der Waals surface area contributed by atoms with E-state index in [2.05, 4.69) is 0 Å². The van der Waals surface area contributed by atoms with Crippen LogP contribution in [-0.4, -0.2) is 19.8 Å². The monoisotopic (exact) mass is 257 g/mol. The molecule has 2 N–H and O–H groups in total. The molecule has 1 aliphatic heterocycles. The smallest absolute Gasteiger partial charge is 0.123 e. The van der Waals surface area contributed by atoms with Gasteiger partial charge in [0.2, 0.25) is 0 Å². The lowest BCUT2D eigenvalue weighted by Crippen LogP contribution is -2.40. The third kappa shape index (κ3) is 2.97. The first-order valence-electron chi connectivity index (χ1n) is 5.87. The Morgan fingerprint density at radius 1 is 1.47 bits per heavy atom. The minimum absolute atomic E-state index is 0.0876. The molecule has 1 fully saturated rings. The summed E-state index contributed by atoms with van der Waals surface area (Å²) in [4.78, 5) is 0. The number of ether oxygens (including phenoxy) is 1. The van der Waals surface area contributed by atoms with Crippen molar-refractivity contribution in [3.05, 3.63) is 34.6 Å². The molecule has 1 saturated heterocycles. The molecule has 2 rings (SSSR count). The van der Waals surface area contributed by atoms with Crippen molar-refractivity contribution in [1.29, 1.82) is 0 Å². The molecule has 2 nitrogen and oxygen atoms in total. The van der Waals surface area contributed by atoms with Gasteiger partial charge >= 0.3 is 0 Å². The van der Waals surface area contributed by atoms with Gasteiger partial charge in [-0.15, -0.1) is 0 Å². The maximum absolute atomic E-state index is 13.2. The van der Waals surface area contributed by atoms with E-state index in [0.717, 1.165) is 25.0 Å². The van der Waals surface area contributed by atoms with E-state index in [1.807, 2.05) is 0 Å². The largest absolute Gasteiger partial charge is 0.381 e. The Hall–Kier alpha value is -0.640. The van der Waals surface area contributed by atoms with E-state index in [1.165, 1.54) is 12.1 Å². The van der Waals surface area contributed by atoms with E-state index < -0.39 is 0 Å². The topological polar surface area (TPSA) is 35.2 Å². The van der Waals surface area contributed by atoms with Gasteiger partial charge in [0.25, 0.3) is 0 Å². The van der Waals surface area contributed by atoms with Gasteiger partial charge in [-0.3, -0.25) is 0 Å². The molecule has 1 aromatic rings.